The SMILES string of the molecule is C[C@H](NN)c1ccco1. The molecule has 0 aromatic carbocycles. The Morgan fingerprint density at radius 1 is 1.78 bits per heavy atom. The third-order valence-electron chi connectivity index (χ3n) is 1.22. The Morgan fingerprint density at radius 2 is 2.56 bits per heavy atom. The topological polar surface area (TPSA) is 51.2 Å². The summed E-state index contributed by atoms with van der Waals surface area (Å²) in [6.07, 6.45) is 1.63. The van der Waals surface area contributed by atoms with Crippen LogP contribution in [0.15, 0.2) is 22.8 Å². The molecule has 50 valence electrons. The van der Waals surface area contributed by atoms with Gasteiger partial charge in [0.25, 0.3) is 0 Å². The minimum Gasteiger partial charge on any atom is -0.468 e. The van der Waals surface area contributed by atoms with Gasteiger partial charge in [-0.1, -0.05) is 0 Å². The average molecular weight is 126 g/mol. The summed E-state index contributed by atoms with van der Waals surface area (Å²) in [5, 5.41) is 0. The molecule has 3 heteroatoms. The van der Waals surface area contributed by atoms with E-state index in [1.165, 1.54) is 0 Å². The zero-order valence-corrected chi connectivity index (χ0v) is 5.29. The number of furan rings is 1. The van der Waals surface area contributed by atoms with Crippen LogP contribution in [0.3, 0.4) is 0 Å². The molecule has 1 rings (SSSR count). The van der Waals surface area contributed by atoms with Crippen LogP contribution < -0.4 is 11.3 Å². The Kier molecular flexibility index (Phi) is 1.87. The van der Waals surface area contributed by atoms with Crippen LogP contribution in [0.1, 0.15) is 18.7 Å². The Labute approximate surface area is 53.8 Å². The second kappa shape index (κ2) is 2.66. The van der Waals surface area contributed by atoms with E-state index in [0.29, 0.717) is 0 Å². The van der Waals surface area contributed by atoms with Crippen LogP contribution in [-0.4, -0.2) is 0 Å². The van der Waals surface area contributed by atoms with E-state index in [1.807, 2.05) is 19.1 Å². The van der Waals surface area contributed by atoms with Crippen molar-refractivity contribution in [2.45, 2.75) is 13.0 Å². The van der Waals surface area contributed by atoms with E-state index >= 15 is 0 Å². The summed E-state index contributed by atoms with van der Waals surface area (Å²) in [6, 6.07) is 3.81. The molecule has 3 nitrogen and oxygen atoms in total. The molecule has 0 aliphatic rings. The smallest absolute Gasteiger partial charge is 0.121 e. The molecule has 9 heavy (non-hydrogen) atoms. The van der Waals surface area contributed by atoms with Crippen LogP contribution in [0, 0.1) is 0 Å². The monoisotopic (exact) mass is 126 g/mol. The number of hydrazine groups is 1. The van der Waals surface area contributed by atoms with Crippen molar-refractivity contribution in [1.29, 1.82) is 0 Å². The maximum absolute atomic E-state index is 5.15. The van der Waals surface area contributed by atoms with Gasteiger partial charge in [-0.2, -0.15) is 0 Å². The molecule has 1 aromatic heterocycles. The van der Waals surface area contributed by atoms with Crippen molar-refractivity contribution in [3.05, 3.63) is 24.2 Å². The summed E-state index contributed by atoms with van der Waals surface area (Å²) in [5.74, 6) is 6.01. The van der Waals surface area contributed by atoms with E-state index in [2.05, 4.69) is 5.43 Å². The fourth-order valence-electron chi connectivity index (χ4n) is 0.620. The van der Waals surface area contributed by atoms with Crippen molar-refractivity contribution in [3.63, 3.8) is 0 Å². The maximum Gasteiger partial charge on any atom is 0.121 e. The van der Waals surface area contributed by atoms with Gasteiger partial charge < -0.3 is 4.42 Å². The lowest BCUT2D eigenvalue weighted by Crippen LogP contribution is -2.25. The Balaban J connectivity index is 2.65. The lowest BCUT2D eigenvalue weighted by molar-refractivity contribution is 0.437. The van der Waals surface area contributed by atoms with Gasteiger partial charge in [-0.05, 0) is 19.1 Å². The van der Waals surface area contributed by atoms with Crippen molar-refractivity contribution in [3.8, 4) is 0 Å². The highest BCUT2D eigenvalue weighted by molar-refractivity contribution is 5.02. The highest BCUT2D eigenvalue weighted by Gasteiger charge is 2.02. The number of nitrogens with one attached hydrogen (secondary N) is 1. The van der Waals surface area contributed by atoms with E-state index in [4.69, 9.17) is 10.3 Å². The van der Waals surface area contributed by atoms with E-state index in [1.54, 1.807) is 6.26 Å². The molecule has 0 bridgehead atoms. The predicted molar refractivity (Wildman–Crippen MR) is 34.4 cm³/mol. The largest absolute Gasteiger partial charge is 0.468 e. The second-order valence-electron chi connectivity index (χ2n) is 1.90. The van der Waals surface area contributed by atoms with Gasteiger partial charge in [0.15, 0.2) is 0 Å². The molecule has 0 saturated carbocycles. The van der Waals surface area contributed by atoms with Gasteiger partial charge in [-0.25, -0.2) is 0 Å². The van der Waals surface area contributed by atoms with Crippen molar-refractivity contribution in [2.24, 2.45) is 5.84 Å². The minimum absolute atomic E-state index is 0.0972. The molecule has 0 spiro atoms. The Bertz CT molecular complexity index is 160. The summed E-state index contributed by atoms with van der Waals surface area (Å²) in [6.45, 7) is 1.93. The Morgan fingerprint density at radius 3 is 3.00 bits per heavy atom. The van der Waals surface area contributed by atoms with Gasteiger partial charge in [0, 0.05) is 0 Å². The first kappa shape index (κ1) is 6.32. The van der Waals surface area contributed by atoms with E-state index in [0.717, 1.165) is 5.76 Å². The third-order valence-corrected chi connectivity index (χ3v) is 1.22. The van der Waals surface area contributed by atoms with Crippen LogP contribution in [0.2, 0.25) is 0 Å². The standard InChI is InChI=1S/C6H10N2O/c1-5(8-7)6-3-2-4-9-6/h2-5,8H,7H2,1H3/t5-/m0/s1. The van der Waals surface area contributed by atoms with Crippen LogP contribution in [0.25, 0.3) is 0 Å². The molecular formula is C6H10N2O. The lowest BCUT2D eigenvalue weighted by atomic mass is 10.3. The summed E-state index contributed by atoms with van der Waals surface area (Å²) in [7, 11) is 0. The first-order valence-electron chi connectivity index (χ1n) is 2.84. The van der Waals surface area contributed by atoms with Gasteiger partial charge >= 0.3 is 0 Å². The van der Waals surface area contributed by atoms with E-state index in [9.17, 15) is 0 Å². The lowest BCUT2D eigenvalue weighted by Gasteiger charge is -2.03. The molecule has 1 aromatic rings. The highest BCUT2D eigenvalue weighted by atomic mass is 16.3. The van der Waals surface area contributed by atoms with E-state index < -0.39 is 0 Å². The average Bonchev–Trinajstić information content (AvgIpc) is 2.37. The predicted octanol–water partition coefficient (Wildman–Crippen LogP) is 0.804. The number of rotatable bonds is 2. The molecule has 1 atom stereocenters. The molecule has 3 N–H and O–H groups in total. The maximum atomic E-state index is 5.15. The first-order chi connectivity index (χ1) is 4.34. The van der Waals surface area contributed by atoms with Gasteiger partial charge in [0.2, 0.25) is 0 Å². The minimum atomic E-state index is 0.0972. The highest BCUT2D eigenvalue weighted by Crippen LogP contribution is 2.09. The number of hydrogen-bond donors (Lipinski definition) is 2. The third kappa shape index (κ3) is 1.31. The summed E-state index contributed by atoms with van der Waals surface area (Å²) < 4.78 is 5.04. The van der Waals surface area contributed by atoms with Crippen molar-refractivity contribution >= 4 is 0 Å². The molecule has 1 heterocycles. The molecule has 0 unspecified atom stereocenters. The molecule has 0 fully saturated rings. The zero-order chi connectivity index (χ0) is 6.69. The quantitative estimate of drug-likeness (QED) is 0.455. The second-order valence-corrected chi connectivity index (χ2v) is 1.90. The number of hydrogen-bond acceptors (Lipinski definition) is 3. The fraction of sp³-hybridized carbons (Fsp3) is 0.333. The molecule has 0 aliphatic heterocycles. The van der Waals surface area contributed by atoms with Crippen molar-refractivity contribution in [2.75, 3.05) is 0 Å². The molecular weight excluding hydrogens is 116 g/mol. The molecule has 0 radical (unpaired) electrons. The normalized spacial score (nSPS) is 13.6. The van der Waals surface area contributed by atoms with Crippen LogP contribution in [-0.2, 0) is 0 Å². The van der Waals surface area contributed by atoms with Crippen LogP contribution in [0.4, 0.5) is 0 Å². The van der Waals surface area contributed by atoms with E-state index in [-0.39, 0.29) is 6.04 Å². The first-order valence-corrected chi connectivity index (χ1v) is 2.84. The fourth-order valence-corrected chi connectivity index (χ4v) is 0.620. The van der Waals surface area contributed by atoms with Crippen molar-refractivity contribution < 1.29 is 4.42 Å². The van der Waals surface area contributed by atoms with Crippen LogP contribution >= 0.6 is 0 Å². The van der Waals surface area contributed by atoms with Gasteiger partial charge in [0.1, 0.15) is 5.76 Å². The molecule has 0 amide bonds. The van der Waals surface area contributed by atoms with Gasteiger partial charge in [-0.3, -0.25) is 11.3 Å². The van der Waals surface area contributed by atoms with Gasteiger partial charge in [-0.15, -0.1) is 0 Å². The van der Waals surface area contributed by atoms with Crippen LogP contribution in [0.5, 0.6) is 0 Å². The zero-order valence-electron chi connectivity index (χ0n) is 5.29. The summed E-state index contributed by atoms with van der Waals surface area (Å²) in [5.41, 5.74) is 2.57. The number of nitrogens with two attached hydrogens (primary N) is 1. The summed E-state index contributed by atoms with van der Waals surface area (Å²) in [4.78, 5) is 0. The van der Waals surface area contributed by atoms with Gasteiger partial charge in [0.05, 0.1) is 12.3 Å². The Hall–Kier alpha value is -0.800. The summed E-state index contributed by atoms with van der Waals surface area (Å²) >= 11 is 0. The molecule has 0 saturated heterocycles. The van der Waals surface area contributed by atoms with Crippen molar-refractivity contribution in [1.82, 2.24) is 5.43 Å². The molecule has 0 aliphatic carbocycles.